The van der Waals surface area contributed by atoms with E-state index in [1.165, 1.54) is 0 Å². The van der Waals surface area contributed by atoms with Crippen molar-refractivity contribution in [3.63, 3.8) is 0 Å². The van der Waals surface area contributed by atoms with Gasteiger partial charge in [-0.2, -0.15) is 0 Å². The minimum Gasteiger partial charge on any atom is -0.379 e. The van der Waals surface area contributed by atoms with E-state index < -0.39 is 11.8 Å². The number of nitrogens with one attached hydrogen (secondary N) is 2. The van der Waals surface area contributed by atoms with E-state index in [4.69, 9.17) is 4.74 Å². The highest BCUT2D eigenvalue weighted by Gasteiger charge is 2.24. The molecule has 7 nitrogen and oxygen atoms in total. The predicted molar refractivity (Wildman–Crippen MR) is 123 cm³/mol. The summed E-state index contributed by atoms with van der Waals surface area (Å²) in [5.41, 5.74) is 5.03. The Labute approximate surface area is 184 Å². The van der Waals surface area contributed by atoms with Gasteiger partial charge in [0, 0.05) is 45.1 Å². The van der Waals surface area contributed by atoms with E-state index in [0.717, 1.165) is 35.5 Å². The van der Waals surface area contributed by atoms with Gasteiger partial charge in [-0.05, 0) is 54.8 Å². The number of carbonyl (C=O) groups excluding carboxylic acids is 2. The van der Waals surface area contributed by atoms with Gasteiger partial charge in [0.25, 0.3) is 0 Å². The zero-order valence-corrected chi connectivity index (χ0v) is 18.8. The minimum atomic E-state index is -0.660. The Morgan fingerprint density at radius 3 is 2.29 bits per heavy atom. The standard InChI is InChI=1S/C24H32N4O3/c1-17-5-8-20(15-18(17)2)26-24(30)23(29)25-16-22(28-11-13-31-14-12-28)19-6-9-21(10-7-19)27(3)4/h5-10,15,22H,11-14,16H2,1-4H3,(H,25,29)(H,26,30)/t22-/m1/s1. The monoisotopic (exact) mass is 424 g/mol. The lowest BCUT2D eigenvalue weighted by molar-refractivity contribution is -0.136. The van der Waals surface area contributed by atoms with E-state index in [2.05, 4.69) is 39.8 Å². The van der Waals surface area contributed by atoms with Crippen LogP contribution in [-0.2, 0) is 14.3 Å². The van der Waals surface area contributed by atoms with Crippen LogP contribution in [0.3, 0.4) is 0 Å². The molecular formula is C24H32N4O3. The van der Waals surface area contributed by atoms with Gasteiger partial charge >= 0.3 is 11.8 Å². The molecule has 31 heavy (non-hydrogen) atoms. The molecule has 1 aliphatic heterocycles. The summed E-state index contributed by atoms with van der Waals surface area (Å²) in [6.45, 7) is 7.21. The second-order valence-corrected chi connectivity index (χ2v) is 8.11. The van der Waals surface area contributed by atoms with Crippen LogP contribution in [-0.4, -0.2) is 63.7 Å². The van der Waals surface area contributed by atoms with E-state index in [1.807, 2.05) is 45.0 Å². The van der Waals surface area contributed by atoms with Crippen molar-refractivity contribution in [2.24, 2.45) is 0 Å². The average molecular weight is 425 g/mol. The molecule has 0 unspecified atom stereocenters. The topological polar surface area (TPSA) is 73.9 Å². The first kappa shape index (κ1) is 22.8. The highest BCUT2D eigenvalue weighted by Crippen LogP contribution is 2.24. The predicted octanol–water partition coefficient (Wildman–Crippen LogP) is 2.50. The average Bonchev–Trinajstić information content (AvgIpc) is 2.77. The van der Waals surface area contributed by atoms with Crippen molar-refractivity contribution in [2.45, 2.75) is 19.9 Å². The summed E-state index contributed by atoms with van der Waals surface area (Å²) in [6, 6.07) is 13.9. The first-order valence-corrected chi connectivity index (χ1v) is 10.6. The zero-order valence-electron chi connectivity index (χ0n) is 18.8. The Kier molecular flexibility index (Phi) is 7.65. The lowest BCUT2D eigenvalue weighted by atomic mass is 10.0. The summed E-state index contributed by atoms with van der Waals surface area (Å²) < 4.78 is 5.48. The summed E-state index contributed by atoms with van der Waals surface area (Å²) in [7, 11) is 4.01. The van der Waals surface area contributed by atoms with Gasteiger partial charge in [-0.15, -0.1) is 0 Å². The Balaban J connectivity index is 1.66. The van der Waals surface area contributed by atoms with Crippen LogP contribution in [0.25, 0.3) is 0 Å². The SMILES string of the molecule is Cc1ccc(NC(=O)C(=O)NC[C@H](c2ccc(N(C)C)cc2)N2CCOCC2)cc1C. The van der Waals surface area contributed by atoms with Gasteiger partial charge in [0.1, 0.15) is 0 Å². The normalized spacial score (nSPS) is 15.2. The van der Waals surface area contributed by atoms with Crippen molar-refractivity contribution in [1.29, 1.82) is 0 Å². The number of carbonyl (C=O) groups is 2. The van der Waals surface area contributed by atoms with Gasteiger partial charge in [0.2, 0.25) is 0 Å². The van der Waals surface area contributed by atoms with E-state index in [0.29, 0.717) is 25.4 Å². The molecule has 1 aliphatic rings. The summed E-state index contributed by atoms with van der Waals surface area (Å²) in [5, 5.41) is 5.50. The number of benzene rings is 2. The van der Waals surface area contributed by atoms with Crippen molar-refractivity contribution in [3.8, 4) is 0 Å². The zero-order chi connectivity index (χ0) is 22.4. The fourth-order valence-corrected chi connectivity index (χ4v) is 3.62. The number of morpholine rings is 1. The molecule has 1 saturated heterocycles. The Hall–Kier alpha value is -2.90. The Bertz CT molecular complexity index is 906. The molecule has 2 N–H and O–H groups in total. The van der Waals surface area contributed by atoms with Crippen molar-refractivity contribution in [3.05, 3.63) is 59.2 Å². The molecule has 0 spiro atoms. The number of hydrogen-bond donors (Lipinski definition) is 2. The second kappa shape index (κ2) is 10.4. The molecule has 0 aromatic heterocycles. The smallest absolute Gasteiger partial charge is 0.313 e. The summed E-state index contributed by atoms with van der Waals surface area (Å²) in [6.07, 6.45) is 0. The molecule has 0 aliphatic carbocycles. The van der Waals surface area contributed by atoms with E-state index in [9.17, 15) is 9.59 Å². The summed E-state index contributed by atoms with van der Waals surface area (Å²) >= 11 is 0. The highest BCUT2D eigenvalue weighted by atomic mass is 16.5. The molecule has 1 heterocycles. The van der Waals surface area contributed by atoms with E-state index in [-0.39, 0.29) is 6.04 Å². The third-order valence-corrected chi connectivity index (χ3v) is 5.71. The van der Waals surface area contributed by atoms with Crippen LogP contribution in [0.1, 0.15) is 22.7 Å². The minimum absolute atomic E-state index is 0.0292. The first-order valence-electron chi connectivity index (χ1n) is 10.6. The van der Waals surface area contributed by atoms with Gasteiger partial charge in [-0.25, -0.2) is 0 Å². The van der Waals surface area contributed by atoms with Crippen LogP contribution in [0, 0.1) is 13.8 Å². The van der Waals surface area contributed by atoms with Gasteiger partial charge in [0.15, 0.2) is 0 Å². The number of nitrogens with zero attached hydrogens (tertiary/aromatic N) is 2. The molecular weight excluding hydrogens is 392 g/mol. The van der Waals surface area contributed by atoms with E-state index >= 15 is 0 Å². The summed E-state index contributed by atoms with van der Waals surface area (Å²) in [4.78, 5) is 29.2. The fraction of sp³-hybridized carbons (Fsp3) is 0.417. The van der Waals surface area contributed by atoms with Gasteiger partial charge in [0.05, 0.1) is 19.3 Å². The van der Waals surface area contributed by atoms with Crippen molar-refractivity contribution < 1.29 is 14.3 Å². The maximum atomic E-state index is 12.5. The number of ether oxygens (including phenoxy) is 1. The number of rotatable bonds is 6. The molecule has 166 valence electrons. The van der Waals surface area contributed by atoms with Crippen LogP contribution in [0.15, 0.2) is 42.5 Å². The number of aryl methyl sites for hydroxylation is 2. The van der Waals surface area contributed by atoms with Crippen LogP contribution in [0.4, 0.5) is 11.4 Å². The van der Waals surface area contributed by atoms with Crippen LogP contribution >= 0.6 is 0 Å². The molecule has 0 saturated carbocycles. The molecule has 1 atom stereocenters. The van der Waals surface area contributed by atoms with Crippen LogP contribution in [0.5, 0.6) is 0 Å². The third kappa shape index (κ3) is 6.06. The summed E-state index contributed by atoms with van der Waals surface area (Å²) in [5.74, 6) is -1.30. The lowest BCUT2D eigenvalue weighted by Crippen LogP contribution is -2.45. The van der Waals surface area contributed by atoms with E-state index in [1.54, 1.807) is 6.07 Å². The molecule has 0 radical (unpaired) electrons. The molecule has 2 amide bonds. The third-order valence-electron chi connectivity index (χ3n) is 5.71. The molecule has 3 rings (SSSR count). The van der Waals surface area contributed by atoms with Gasteiger partial charge < -0.3 is 20.3 Å². The number of amides is 2. The maximum Gasteiger partial charge on any atom is 0.313 e. The van der Waals surface area contributed by atoms with Crippen molar-refractivity contribution in [1.82, 2.24) is 10.2 Å². The molecule has 1 fully saturated rings. The lowest BCUT2D eigenvalue weighted by Gasteiger charge is -2.35. The van der Waals surface area contributed by atoms with Crippen molar-refractivity contribution in [2.75, 3.05) is 57.2 Å². The highest BCUT2D eigenvalue weighted by molar-refractivity contribution is 6.39. The van der Waals surface area contributed by atoms with Crippen molar-refractivity contribution >= 4 is 23.2 Å². The molecule has 7 heteroatoms. The first-order chi connectivity index (χ1) is 14.8. The van der Waals surface area contributed by atoms with Gasteiger partial charge in [-0.1, -0.05) is 18.2 Å². The number of anilines is 2. The second-order valence-electron chi connectivity index (χ2n) is 8.11. The fourth-order valence-electron chi connectivity index (χ4n) is 3.62. The molecule has 2 aromatic rings. The Morgan fingerprint density at radius 2 is 1.68 bits per heavy atom. The van der Waals surface area contributed by atoms with Gasteiger partial charge in [-0.3, -0.25) is 14.5 Å². The number of hydrogen-bond acceptors (Lipinski definition) is 5. The largest absolute Gasteiger partial charge is 0.379 e. The van der Waals surface area contributed by atoms with Crippen LogP contribution in [0.2, 0.25) is 0 Å². The quantitative estimate of drug-likeness (QED) is 0.697. The molecule has 0 bridgehead atoms. The van der Waals surface area contributed by atoms with Crippen LogP contribution < -0.4 is 15.5 Å². The molecule has 2 aromatic carbocycles. The Morgan fingerprint density at radius 1 is 1.00 bits per heavy atom. The maximum absolute atomic E-state index is 12.5.